The van der Waals surface area contributed by atoms with Crippen LogP contribution in [-0.4, -0.2) is 56.1 Å². The van der Waals surface area contributed by atoms with Crippen LogP contribution in [0, 0.1) is 0 Å². The zero-order chi connectivity index (χ0) is 28.7. The number of amides is 3. The average molecular weight is 548 g/mol. The van der Waals surface area contributed by atoms with Gasteiger partial charge < -0.3 is 30.2 Å². The first-order chi connectivity index (χ1) is 19.4. The number of hydrogen-bond donors (Lipinski definition) is 3. The first-order valence-electron chi connectivity index (χ1n) is 12.3. The van der Waals surface area contributed by atoms with E-state index in [1.165, 1.54) is 19.2 Å². The average Bonchev–Trinajstić information content (AvgIpc) is 2.98. The Hall–Kier alpha value is -5.19. The molecule has 0 aliphatic carbocycles. The summed E-state index contributed by atoms with van der Waals surface area (Å²) in [6.07, 6.45) is -0.676. The van der Waals surface area contributed by atoms with E-state index in [9.17, 15) is 24.0 Å². The second-order valence-corrected chi connectivity index (χ2v) is 8.40. The SMILES string of the molecule is COC(=O)CNC(=O)C(Cc1ccccc1)NC(=O)c1ccccc1OC(=O)CNC(=O)OCc1ccccc1. The maximum Gasteiger partial charge on any atom is 0.407 e. The molecule has 0 bridgehead atoms. The van der Waals surface area contributed by atoms with Crippen molar-refractivity contribution < 1.29 is 38.2 Å². The van der Waals surface area contributed by atoms with Gasteiger partial charge in [0.15, 0.2) is 0 Å². The highest BCUT2D eigenvalue weighted by molar-refractivity contribution is 6.00. The minimum atomic E-state index is -1.05. The molecule has 11 heteroatoms. The fourth-order valence-electron chi connectivity index (χ4n) is 3.47. The van der Waals surface area contributed by atoms with Gasteiger partial charge in [-0.2, -0.15) is 0 Å². The van der Waals surface area contributed by atoms with E-state index < -0.39 is 42.4 Å². The van der Waals surface area contributed by atoms with E-state index in [-0.39, 0.29) is 30.9 Å². The summed E-state index contributed by atoms with van der Waals surface area (Å²) in [6.45, 7) is -0.844. The van der Waals surface area contributed by atoms with Crippen molar-refractivity contribution in [1.82, 2.24) is 16.0 Å². The summed E-state index contributed by atoms with van der Waals surface area (Å²) >= 11 is 0. The summed E-state index contributed by atoms with van der Waals surface area (Å²) in [5.74, 6) is -2.84. The fraction of sp³-hybridized carbons (Fsp3) is 0.207. The van der Waals surface area contributed by atoms with Crippen LogP contribution >= 0.6 is 0 Å². The lowest BCUT2D eigenvalue weighted by Gasteiger charge is -2.19. The van der Waals surface area contributed by atoms with Crippen LogP contribution in [0.2, 0.25) is 0 Å². The lowest BCUT2D eigenvalue weighted by atomic mass is 10.0. The second kappa shape index (κ2) is 15.3. The van der Waals surface area contributed by atoms with Crippen molar-refractivity contribution in [1.29, 1.82) is 0 Å². The Balaban J connectivity index is 1.61. The summed E-state index contributed by atoms with van der Waals surface area (Å²) in [5, 5.41) is 7.37. The number of methoxy groups -OCH3 is 1. The Morgan fingerprint density at radius 2 is 1.32 bits per heavy atom. The van der Waals surface area contributed by atoms with Crippen LogP contribution in [0.15, 0.2) is 84.9 Å². The molecule has 208 valence electrons. The number of carbonyl (C=O) groups is 5. The third-order valence-corrected chi connectivity index (χ3v) is 5.48. The summed E-state index contributed by atoms with van der Waals surface area (Å²) in [7, 11) is 1.19. The van der Waals surface area contributed by atoms with Crippen molar-refractivity contribution in [2.24, 2.45) is 0 Å². The molecular weight excluding hydrogens is 518 g/mol. The monoisotopic (exact) mass is 547 g/mol. The smallest absolute Gasteiger partial charge is 0.407 e. The van der Waals surface area contributed by atoms with Crippen molar-refractivity contribution in [3.8, 4) is 5.75 Å². The molecule has 3 aromatic rings. The van der Waals surface area contributed by atoms with Gasteiger partial charge in [-0.1, -0.05) is 72.8 Å². The van der Waals surface area contributed by atoms with E-state index in [4.69, 9.17) is 9.47 Å². The predicted octanol–water partition coefficient (Wildman–Crippen LogP) is 2.15. The molecule has 3 N–H and O–H groups in total. The van der Waals surface area contributed by atoms with Gasteiger partial charge in [-0.25, -0.2) is 9.59 Å². The molecule has 0 aliphatic rings. The molecule has 0 heterocycles. The van der Waals surface area contributed by atoms with E-state index in [2.05, 4.69) is 20.7 Å². The highest BCUT2D eigenvalue weighted by atomic mass is 16.6. The minimum Gasteiger partial charge on any atom is -0.468 e. The van der Waals surface area contributed by atoms with Gasteiger partial charge in [-0.3, -0.25) is 14.4 Å². The number of carbonyl (C=O) groups excluding carboxylic acids is 5. The molecular formula is C29H29N3O8. The van der Waals surface area contributed by atoms with E-state index in [1.54, 1.807) is 60.7 Å². The van der Waals surface area contributed by atoms with Gasteiger partial charge in [0, 0.05) is 6.42 Å². The Labute approximate surface area is 230 Å². The lowest BCUT2D eigenvalue weighted by Crippen LogP contribution is -2.49. The number of para-hydroxylation sites is 1. The Kier molecular flexibility index (Phi) is 11.2. The third kappa shape index (κ3) is 9.60. The molecule has 3 rings (SSSR count). The number of benzene rings is 3. The molecule has 3 amide bonds. The summed E-state index contributed by atoms with van der Waals surface area (Å²) in [5.41, 5.74) is 1.54. The Bertz CT molecular complexity index is 1320. The fourth-order valence-corrected chi connectivity index (χ4v) is 3.47. The van der Waals surface area contributed by atoms with Crippen molar-refractivity contribution in [3.63, 3.8) is 0 Å². The maximum atomic E-state index is 13.2. The van der Waals surface area contributed by atoms with Gasteiger partial charge in [0.2, 0.25) is 5.91 Å². The lowest BCUT2D eigenvalue weighted by molar-refractivity contribution is -0.141. The normalized spacial score (nSPS) is 10.9. The second-order valence-electron chi connectivity index (χ2n) is 8.40. The molecule has 3 aromatic carbocycles. The van der Waals surface area contributed by atoms with Crippen LogP contribution < -0.4 is 20.7 Å². The summed E-state index contributed by atoms with van der Waals surface area (Å²) < 4.78 is 14.9. The zero-order valence-electron chi connectivity index (χ0n) is 21.8. The van der Waals surface area contributed by atoms with Crippen LogP contribution in [-0.2, 0) is 36.9 Å². The number of alkyl carbamates (subject to hydrolysis) is 1. The summed E-state index contributed by atoms with van der Waals surface area (Å²) in [6, 6.07) is 22.9. The van der Waals surface area contributed by atoms with Crippen molar-refractivity contribution in [2.45, 2.75) is 19.1 Å². The van der Waals surface area contributed by atoms with Crippen molar-refractivity contribution >= 4 is 29.8 Å². The van der Waals surface area contributed by atoms with Gasteiger partial charge in [0.05, 0.1) is 12.7 Å². The van der Waals surface area contributed by atoms with E-state index in [0.29, 0.717) is 0 Å². The van der Waals surface area contributed by atoms with Crippen molar-refractivity contribution in [3.05, 3.63) is 102 Å². The van der Waals surface area contributed by atoms with Crippen molar-refractivity contribution in [2.75, 3.05) is 20.2 Å². The first kappa shape index (κ1) is 29.4. The standard InChI is InChI=1S/C29H29N3O8/c1-38-25(33)17-30-28(36)23(16-20-10-4-2-5-11-20)32-27(35)22-14-8-9-15-24(22)40-26(34)18-31-29(37)39-19-21-12-6-3-7-13-21/h2-15,23H,16-19H2,1H3,(H,30,36)(H,31,37)(H,32,35). The molecule has 0 spiro atoms. The van der Waals surface area contributed by atoms with Crippen LogP contribution in [0.3, 0.4) is 0 Å². The molecule has 1 unspecified atom stereocenters. The number of ether oxygens (including phenoxy) is 3. The van der Waals surface area contributed by atoms with Gasteiger partial charge >= 0.3 is 18.0 Å². The number of rotatable bonds is 12. The number of esters is 2. The Morgan fingerprint density at radius 3 is 2.00 bits per heavy atom. The highest BCUT2D eigenvalue weighted by Crippen LogP contribution is 2.18. The summed E-state index contributed by atoms with van der Waals surface area (Å²) in [4.78, 5) is 61.8. The molecule has 0 radical (unpaired) electrons. The zero-order valence-corrected chi connectivity index (χ0v) is 21.8. The molecule has 40 heavy (non-hydrogen) atoms. The van der Waals surface area contributed by atoms with E-state index in [0.717, 1.165) is 11.1 Å². The molecule has 11 nitrogen and oxygen atoms in total. The minimum absolute atomic E-state index is 0.0127. The molecule has 0 saturated carbocycles. The first-order valence-corrected chi connectivity index (χ1v) is 12.3. The van der Waals surface area contributed by atoms with E-state index in [1.807, 2.05) is 12.1 Å². The quantitative estimate of drug-likeness (QED) is 0.231. The van der Waals surface area contributed by atoms with Gasteiger partial charge in [-0.05, 0) is 23.3 Å². The largest absolute Gasteiger partial charge is 0.468 e. The van der Waals surface area contributed by atoms with Gasteiger partial charge in [0.25, 0.3) is 5.91 Å². The number of hydrogen-bond acceptors (Lipinski definition) is 8. The molecule has 0 aliphatic heterocycles. The van der Waals surface area contributed by atoms with Gasteiger partial charge in [-0.15, -0.1) is 0 Å². The van der Waals surface area contributed by atoms with Crippen LogP contribution in [0.5, 0.6) is 5.75 Å². The van der Waals surface area contributed by atoms with Crippen LogP contribution in [0.1, 0.15) is 21.5 Å². The third-order valence-electron chi connectivity index (χ3n) is 5.48. The van der Waals surface area contributed by atoms with Gasteiger partial charge in [0.1, 0.15) is 31.5 Å². The Morgan fingerprint density at radius 1 is 0.725 bits per heavy atom. The van der Waals surface area contributed by atoms with E-state index >= 15 is 0 Å². The predicted molar refractivity (Wildman–Crippen MR) is 143 cm³/mol. The molecule has 1 atom stereocenters. The van der Waals surface area contributed by atoms with Crippen LogP contribution in [0.25, 0.3) is 0 Å². The number of nitrogens with one attached hydrogen (secondary N) is 3. The maximum absolute atomic E-state index is 13.2. The van der Waals surface area contributed by atoms with Crippen LogP contribution in [0.4, 0.5) is 4.79 Å². The topological polar surface area (TPSA) is 149 Å². The molecule has 0 fully saturated rings. The highest BCUT2D eigenvalue weighted by Gasteiger charge is 2.24. The molecule has 0 aromatic heterocycles. The molecule has 0 saturated heterocycles.